The minimum absolute atomic E-state index is 0.0798. The largest absolute Gasteiger partial charge is 0.310 e. The predicted octanol–water partition coefficient (Wildman–Crippen LogP) is 15.0. The van der Waals surface area contributed by atoms with Gasteiger partial charge in [-0.05, 0) is 152 Å². The van der Waals surface area contributed by atoms with Crippen molar-refractivity contribution in [1.82, 2.24) is 0 Å². The minimum atomic E-state index is -0.0798. The Morgan fingerprint density at radius 1 is 0.429 bits per heavy atom. The number of allylic oxidation sites excluding steroid dienone is 2. The second-order valence-corrected chi connectivity index (χ2v) is 17.5. The van der Waals surface area contributed by atoms with Gasteiger partial charge in [0.25, 0.3) is 0 Å². The Kier molecular flexibility index (Phi) is 7.33. The maximum atomic E-state index is 2.47. The van der Waals surface area contributed by atoms with E-state index in [1.165, 1.54) is 92.6 Å². The first-order valence-electron chi connectivity index (χ1n) is 20.6. The zero-order chi connectivity index (χ0) is 37.8. The lowest BCUT2D eigenvalue weighted by Gasteiger charge is -2.28. The Balaban J connectivity index is 1.01. The van der Waals surface area contributed by atoms with Crippen LogP contribution in [0.1, 0.15) is 86.8 Å². The van der Waals surface area contributed by atoms with Crippen molar-refractivity contribution in [2.75, 3.05) is 4.90 Å². The van der Waals surface area contributed by atoms with Gasteiger partial charge >= 0.3 is 0 Å². The van der Waals surface area contributed by atoms with Crippen LogP contribution in [0.3, 0.4) is 0 Å². The van der Waals surface area contributed by atoms with Gasteiger partial charge in [0, 0.05) is 27.9 Å². The van der Waals surface area contributed by atoms with E-state index in [2.05, 4.69) is 184 Å². The fourth-order valence-corrected chi connectivity index (χ4v) is 11.0. The molecule has 1 heteroatoms. The van der Waals surface area contributed by atoms with Crippen LogP contribution in [0.25, 0.3) is 50.1 Å². The van der Waals surface area contributed by atoms with Crippen molar-refractivity contribution in [2.24, 2.45) is 0 Å². The number of benzene rings is 7. The summed E-state index contributed by atoms with van der Waals surface area (Å²) < 4.78 is 0. The smallest absolute Gasteiger partial charge is 0.0465 e. The molecule has 7 aromatic rings. The van der Waals surface area contributed by atoms with E-state index in [0.717, 1.165) is 17.8 Å². The first kappa shape index (κ1) is 33.4. The number of anilines is 3. The van der Waals surface area contributed by atoms with Crippen molar-refractivity contribution in [3.05, 3.63) is 191 Å². The topological polar surface area (TPSA) is 3.24 Å². The molecule has 0 aromatic heterocycles. The first-order chi connectivity index (χ1) is 27.3. The van der Waals surface area contributed by atoms with Crippen molar-refractivity contribution in [1.29, 1.82) is 0 Å². The summed E-state index contributed by atoms with van der Waals surface area (Å²) in [4.78, 5) is 2.43. The quantitative estimate of drug-likeness (QED) is 0.171. The monoisotopic (exact) mass is 721 g/mol. The SMILES string of the molecule is CC1(C)C2=C(CCCC2)c2c1ccc1c2Cc2cccc(-c3ccc(N(c4ccc(-c5ccccc5)cc4)c4ccc5c(c4)C(C)(C)c4ccccc4-5)cc3)c2-1. The van der Waals surface area contributed by atoms with E-state index in [-0.39, 0.29) is 10.8 Å². The summed E-state index contributed by atoms with van der Waals surface area (Å²) in [6.07, 6.45) is 6.15. The molecule has 0 amide bonds. The number of nitrogens with zero attached hydrogens (tertiary/aromatic N) is 1. The van der Waals surface area contributed by atoms with Gasteiger partial charge in [-0.15, -0.1) is 0 Å². The normalized spacial score (nSPS) is 16.4. The Hall–Kier alpha value is -5.92. The van der Waals surface area contributed by atoms with Crippen molar-refractivity contribution in [2.45, 2.75) is 70.6 Å². The highest BCUT2D eigenvalue weighted by Gasteiger charge is 2.41. The zero-order valence-electron chi connectivity index (χ0n) is 32.9. The molecule has 0 N–H and O–H groups in total. The highest BCUT2D eigenvalue weighted by Crippen LogP contribution is 2.57. The zero-order valence-corrected chi connectivity index (χ0v) is 32.9. The van der Waals surface area contributed by atoms with Crippen LogP contribution >= 0.6 is 0 Å². The summed E-state index contributed by atoms with van der Waals surface area (Å²) in [5, 5.41) is 0. The van der Waals surface area contributed by atoms with Gasteiger partial charge in [0.15, 0.2) is 0 Å². The summed E-state index contributed by atoms with van der Waals surface area (Å²) in [5.74, 6) is 0. The van der Waals surface area contributed by atoms with Crippen LogP contribution in [0.15, 0.2) is 157 Å². The maximum Gasteiger partial charge on any atom is 0.0465 e. The molecule has 0 heterocycles. The average Bonchev–Trinajstić information content (AvgIpc) is 3.82. The Morgan fingerprint density at radius 3 is 1.84 bits per heavy atom. The van der Waals surface area contributed by atoms with Gasteiger partial charge in [-0.25, -0.2) is 0 Å². The summed E-state index contributed by atoms with van der Waals surface area (Å²) in [6, 6.07) is 57.0. The van der Waals surface area contributed by atoms with Gasteiger partial charge in [0.2, 0.25) is 0 Å². The van der Waals surface area contributed by atoms with Crippen LogP contribution in [0.2, 0.25) is 0 Å². The lowest BCUT2D eigenvalue weighted by Crippen LogP contribution is -2.18. The predicted molar refractivity (Wildman–Crippen MR) is 236 cm³/mol. The molecule has 272 valence electrons. The second kappa shape index (κ2) is 12.3. The molecular weight excluding hydrogens is 675 g/mol. The third-order valence-corrected chi connectivity index (χ3v) is 13.8. The third kappa shape index (κ3) is 4.86. The molecule has 0 saturated carbocycles. The van der Waals surface area contributed by atoms with E-state index < -0.39 is 0 Å². The summed E-state index contributed by atoms with van der Waals surface area (Å²) >= 11 is 0. The molecule has 0 bridgehead atoms. The van der Waals surface area contributed by atoms with Crippen LogP contribution in [-0.2, 0) is 17.3 Å². The van der Waals surface area contributed by atoms with Crippen molar-refractivity contribution in [3.8, 4) is 44.5 Å². The van der Waals surface area contributed by atoms with Crippen molar-refractivity contribution < 1.29 is 0 Å². The molecule has 0 fully saturated rings. The van der Waals surface area contributed by atoms with E-state index in [9.17, 15) is 0 Å². The van der Waals surface area contributed by atoms with E-state index in [1.807, 2.05) is 0 Å². The van der Waals surface area contributed by atoms with Crippen molar-refractivity contribution >= 4 is 22.6 Å². The lowest BCUT2D eigenvalue weighted by atomic mass is 9.77. The van der Waals surface area contributed by atoms with E-state index >= 15 is 0 Å². The average molecular weight is 722 g/mol. The number of fused-ring (bicyclic) bond motifs is 9. The summed E-state index contributed by atoms with van der Waals surface area (Å²) in [6.45, 7) is 9.66. The van der Waals surface area contributed by atoms with Crippen molar-refractivity contribution in [3.63, 3.8) is 0 Å². The molecule has 0 atom stereocenters. The summed E-state index contributed by atoms with van der Waals surface area (Å²) in [7, 11) is 0. The van der Waals surface area contributed by atoms with Gasteiger partial charge in [0.1, 0.15) is 0 Å². The molecule has 7 aromatic carbocycles. The maximum absolute atomic E-state index is 2.47. The molecule has 0 radical (unpaired) electrons. The highest BCUT2D eigenvalue weighted by molar-refractivity contribution is 5.96. The van der Waals surface area contributed by atoms with Gasteiger partial charge in [-0.1, -0.05) is 149 Å². The fraction of sp³-hybridized carbons (Fsp3) is 0.200. The minimum Gasteiger partial charge on any atom is -0.310 e. The van der Waals surface area contributed by atoms with Crippen LogP contribution < -0.4 is 4.90 Å². The molecule has 11 rings (SSSR count). The van der Waals surface area contributed by atoms with Crippen LogP contribution in [0, 0.1) is 0 Å². The van der Waals surface area contributed by atoms with Gasteiger partial charge in [0.05, 0.1) is 0 Å². The third-order valence-electron chi connectivity index (χ3n) is 13.8. The van der Waals surface area contributed by atoms with E-state index in [1.54, 1.807) is 27.8 Å². The van der Waals surface area contributed by atoms with Gasteiger partial charge in [-0.2, -0.15) is 0 Å². The Bertz CT molecular complexity index is 2740. The molecule has 56 heavy (non-hydrogen) atoms. The van der Waals surface area contributed by atoms with E-state index in [0.29, 0.717) is 0 Å². The molecule has 1 nitrogen and oxygen atoms in total. The molecule has 0 unspecified atom stereocenters. The molecular formula is C55H47N. The number of hydrogen-bond acceptors (Lipinski definition) is 1. The van der Waals surface area contributed by atoms with Crippen LogP contribution in [-0.4, -0.2) is 0 Å². The fourth-order valence-electron chi connectivity index (χ4n) is 11.0. The van der Waals surface area contributed by atoms with Gasteiger partial charge < -0.3 is 4.90 Å². The molecule has 4 aliphatic rings. The molecule has 4 aliphatic carbocycles. The van der Waals surface area contributed by atoms with Crippen LogP contribution in [0.4, 0.5) is 17.1 Å². The van der Waals surface area contributed by atoms with E-state index in [4.69, 9.17) is 0 Å². The highest BCUT2D eigenvalue weighted by atomic mass is 15.1. The molecule has 0 aliphatic heterocycles. The summed E-state index contributed by atoms with van der Waals surface area (Å²) in [5.41, 5.74) is 26.5. The number of hydrogen-bond donors (Lipinski definition) is 0. The van der Waals surface area contributed by atoms with Gasteiger partial charge in [-0.3, -0.25) is 0 Å². The standard InChI is InChI=1S/C55H47N/c1-54(2)49-20-11-9-17-46(49)53-47-33-38-15-12-18-42(52(38)45(47)31-32-50(53)54)37-23-27-40(28-24-37)56(39-25-21-36(22-26-39)35-13-6-5-7-14-35)41-29-30-44-43-16-8-10-19-48(43)55(3,4)51(44)34-41/h5-8,10,12-16,18-19,21-32,34H,9,11,17,20,33H2,1-4H3. The molecule has 0 spiro atoms. The lowest BCUT2D eigenvalue weighted by molar-refractivity contribution is 0.574. The Morgan fingerprint density at radius 2 is 1.05 bits per heavy atom. The van der Waals surface area contributed by atoms with Crippen LogP contribution in [0.5, 0.6) is 0 Å². The first-order valence-corrected chi connectivity index (χ1v) is 20.6. The Labute approximate surface area is 332 Å². The molecule has 0 saturated heterocycles. The number of rotatable bonds is 5. The second-order valence-electron chi connectivity index (χ2n) is 17.5.